The summed E-state index contributed by atoms with van der Waals surface area (Å²) in [6.45, 7) is 3.25. The van der Waals surface area contributed by atoms with E-state index in [0.717, 1.165) is 24.3 Å². The van der Waals surface area contributed by atoms with Gasteiger partial charge < -0.3 is 10.1 Å². The number of hydrogen-bond acceptors (Lipinski definition) is 4. The quantitative estimate of drug-likeness (QED) is 0.845. The van der Waals surface area contributed by atoms with Crippen LogP contribution in [0.15, 0.2) is 29.2 Å². The monoisotopic (exact) mass is 290 g/mol. The van der Waals surface area contributed by atoms with Gasteiger partial charge in [0.05, 0.1) is 23.0 Å². The number of ether oxygens (including phenoxy) is 1. The first-order chi connectivity index (χ1) is 9.69. The van der Waals surface area contributed by atoms with Crippen LogP contribution >= 0.6 is 11.8 Å². The van der Waals surface area contributed by atoms with Crippen molar-refractivity contribution in [3.8, 4) is 6.07 Å². The minimum absolute atomic E-state index is 0.00728. The molecule has 1 aromatic rings. The Morgan fingerprint density at radius 1 is 1.65 bits per heavy atom. The molecule has 1 heterocycles. The molecule has 0 unspecified atom stereocenters. The number of amides is 1. The van der Waals surface area contributed by atoms with Gasteiger partial charge in [0.25, 0.3) is 0 Å². The van der Waals surface area contributed by atoms with Crippen molar-refractivity contribution in [1.82, 2.24) is 5.32 Å². The second-order valence-electron chi connectivity index (χ2n) is 4.78. The zero-order valence-corrected chi connectivity index (χ0v) is 12.3. The fourth-order valence-electron chi connectivity index (χ4n) is 2.06. The molecule has 106 valence electrons. The summed E-state index contributed by atoms with van der Waals surface area (Å²) in [5, 5.41) is 11.6. The Balaban J connectivity index is 1.82. The summed E-state index contributed by atoms with van der Waals surface area (Å²) in [6.07, 6.45) is 2.26. The van der Waals surface area contributed by atoms with Crippen LogP contribution in [0.25, 0.3) is 0 Å². The first-order valence-electron chi connectivity index (χ1n) is 6.75. The minimum atomic E-state index is -0.189. The van der Waals surface area contributed by atoms with Gasteiger partial charge >= 0.3 is 0 Å². The van der Waals surface area contributed by atoms with E-state index in [1.54, 1.807) is 12.1 Å². The molecule has 1 N–H and O–H groups in total. The Morgan fingerprint density at radius 2 is 2.50 bits per heavy atom. The van der Waals surface area contributed by atoms with Gasteiger partial charge in [0, 0.05) is 18.0 Å². The smallest absolute Gasteiger partial charge is 0.233 e. The highest BCUT2D eigenvalue weighted by atomic mass is 32.2. The van der Waals surface area contributed by atoms with Gasteiger partial charge in [0.15, 0.2) is 0 Å². The molecule has 20 heavy (non-hydrogen) atoms. The molecule has 2 rings (SSSR count). The molecule has 0 radical (unpaired) electrons. The summed E-state index contributed by atoms with van der Waals surface area (Å²) in [5.74, 6) is 0.00728. The molecule has 1 saturated heterocycles. The van der Waals surface area contributed by atoms with Gasteiger partial charge in [0.1, 0.15) is 0 Å². The third-order valence-electron chi connectivity index (χ3n) is 3.17. The van der Waals surface area contributed by atoms with Crippen molar-refractivity contribution in [2.24, 2.45) is 0 Å². The van der Waals surface area contributed by atoms with E-state index in [-0.39, 0.29) is 17.3 Å². The van der Waals surface area contributed by atoms with Gasteiger partial charge in [-0.1, -0.05) is 6.07 Å². The highest BCUT2D eigenvalue weighted by Crippen LogP contribution is 2.24. The molecule has 1 aliphatic heterocycles. The molecule has 1 aromatic carbocycles. The van der Waals surface area contributed by atoms with Crippen LogP contribution in [0.2, 0.25) is 0 Å². The van der Waals surface area contributed by atoms with Crippen molar-refractivity contribution in [2.45, 2.75) is 36.0 Å². The summed E-state index contributed by atoms with van der Waals surface area (Å²) in [5.41, 5.74) is 0.613. The Morgan fingerprint density at radius 3 is 3.20 bits per heavy atom. The number of nitrogens with zero attached hydrogens (tertiary/aromatic N) is 1. The summed E-state index contributed by atoms with van der Waals surface area (Å²) in [6, 6.07) is 9.40. The van der Waals surface area contributed by atoms with E-state index in [4.69, 9.17) is 10.00 Å². The maximum absolute atomic E-state index is 12.0. The molecular weight excluding hydrogens is 272 g/mol. The Bertz CT molecular complexity index is 507. The van der Waals surface area contributed by atoms with Gasteiger partial charge in [-0.2, -0.15) is 5.26 Å². The van der Waals surface area contributed by atoms with Crippen LogP contribution in [0.4, 0.5) is 0 Å². The second kappa shape index (κ2) is 7.32. The number of rotatable bonds is 5. The van der Waals surface area contributed by atoms with Crippen molar-refractivity contribution in [1.29, 1.82) is 5.26 Å². The van der Waals surface area contributed by atoms with Crippen molar-refractivity contribution >= 4 is 17.7 Å². The number of nitrogens with one attached hydrogen (secondary N) is 1. The zero-order chi connectivity index (χ0) is 14.4. The van der Waals surface area contributed by atoms with E-state index >= 15 is 0 Å². The number of thioether (sulfide) groups is 1. The van der Waals surface area contributed by atoms with E-state index in [9.17, 15) is 4.79 Å². The average molecular weight is 290 g/mol. The van der Waals surface area contributed by atoms with Crippen molar-refractivity contribution in [3.05, 3.63) is 29.8 Å². The van der Waals surface area contributed by atoms with Crippen LogP contribution in [0.1, 0.15) is 25.3 Å². The zero-order valence-electron chi connectivity index (χ0n) is 11.5. The van der Waals surface area contributed by atoms with Crippen LogP contribution in [0.3, 0.4) is 0 Å². The lowest BCUT2D eigenvalue weighted by molar-refractivity contribution is -0.120. The van der Waals surface area contributed by atoms with E-state index in [2.05, 4.69) is 11.4 Å². The molecule has 2 atom stereocenters. The number of benzene rings is 1. The topological polar surface area (TPSA) is 62.1 Å². The third kappa shape index (κ3) is 4.26. The molecular formula is C15H18N2O2S. The number of carbonyl (C=O) groups excluding carboxylic acids is 1. The van der Waals surface area contributed by atoms with Crippen LogP contribution in [0.5, 0.6) is 0 Å². The van der Waals surface area contributed by atoms with Crippen LogP contribution in [-0.2, 0) is 9.53 Å². The normalized spacial score (nSPS) is 19.3. The van der Waals surface area contributed by atoms with Gasteiger partial charge in [-0.05, 0) is 38.0 Å². The molecule has 1 amide bonds. The van der Waals surface area contributed by atoms with E-state index < -0.39 is 0 Å². The average Bonchev–Trinajstić information content (AvgIpc) is 2.98. The van der Waals surface area contributed by atoms with Gasteiger partial charge in [-0.3, -0.25) is 4.79 Å². The fraction of sp³-hybridized carbons (Fsp3) is 0.467. The molecule has 4 nitrogen and oxygen atoms in total. The van der Waals surface area contributed by atoms with Crippen LogP contribution < -0.4 is 5.32 Å². The highest BCUT2D eigenvalue weighted by molar-refractivity contribution is 8.00. The molecule has 0 aliphatic carbocycles. The Kier molecular flexibility index (Phi) is 5.45. The summed E-state index contributed by atoms with van der Waals surface area (Å²) in [7, 11) is 0. The highest BCUT2D eigenvalue weighted by Gasteiger charge is 2.19. The van der Waals surface area contributed by atoms with Crippen LogP contribution in [-0.4, -0.2) is 30.4 Å². The van der Waals surface area contributed by atoms with Gasteiger partial charge in [-0.15, -0.1) is 11.8 Å². The molecule has 5 heteroatoms. The number of carbonyl (C=O) groups is 1. The molecule has 0 spiro atoms. The summed E-state index contributed by atoms with van der Waals surface area (Å²) >= 11 is 1.46. The third-order valence-corrected chi connectivity index (χ3v) is 4.27. The molecule has 1 fully saturated rings. The maximum atomic E-state index is 12.0. The number of nitriles is 1. The van der Waals surface area contributed by atoms with Crippen LogP contribution in [0, 0.1) is 11.3 Å². The first-order valence-corrected chi connectivity index (χ1v) is 7.63. The maximum Gasteiger partial charge on any atom is 0.233 e. The molecule has 0 bridgehead atoms. The Labute approximate surface area is 123 Å². The lowest BCUT2D eigenvalue weighted by atomic mass is 10.2. The Hall–Kier alpha value is -1.51. The predicted octanol–water partition coefficient (Wildman–Crippen LogP) is 2.33. The van der Waals surface area contributed by atoms with Crippen molar-refractivity contribution < 1.29 is 9.53 Å². The van der Waals surface area contributed by atoms with E-state index in [1.807, 2.05) is 19.1 Å². The molecule has 0 aromatic heterocycles. The SMILES string of the molecule is C[C@@H](Sc1cccc(C#N)c1)C(=O)NC[C@@H]1CCCO1. The fourth-order valence-corrected chi connectivity index (χ4v) is 3.01. The summed E-state index contributed by atoms with van der Waals surface area (Å²) < 4.78 is 5.47. The van der Waals surface area contributed by atoms with Crippen molar-refractivity contribution in [3.63, 3.8) is 0 Å². The second-order valence-corrected chi connectivity index (χ2v) is 6.19. The minimum Gasteiger partial charge on any atom is -0.376 e. The van der Waals surface area contributed by atoms with E-state index in [1.165, 1.54) is 11.8 Å². The molecule has 1 aliphatic rings. The van der Waals surface area contributed by atoms with E-state index in [0.29, 0.717) is 12.1 Å². The lowest BCUT2D eigenvalue weighted by Crippen LogP contribution is -2.36. The van der Waals surface area contributed by atoms with Crippen molar-refractivity contribution in [2.75, 3.05) is 13.2 Å². The number of hydrogen-bond donors (Lipinski definition) is 1. The molecule has 0 saturated carbocycles. The first kappa shape index (κ1) is 14.9. The summed E-state index contributed by atoms with van der Waals surface area (Å²) in [4.78, 5) is 12.9. The predicted molar refractivity (Wildman–Crippen MR) is 78.5 cm³/mol. The lowest BCUT2D eigenvalue weighted by Gasteiger charge is -2.14. The van der Waals surface area contributed by atoms with Gasteiger partial charge in [0.2, 0.25) is 5.91 Å². The largest absolute Gasteiger partial charge is 0.376 e. The van der Waals surface area contributed by atoms with Gasteiger partial charge in [-0.25, -0.2) is 0 Å². The standard InChI is InChI=1S/C15H18N2O2S/c1-11(15(18)17-10-13-5-3-7-19-13)20-14-6-2-4-12(8-14)9-16/h2,4,6,8,11,13H,3,5,7,10H2,1H3,(H,17,18)/t11-,13+/m1/s1.